The van der Waals surface area contributed by atoms with Crippen molar-refractivity contribution in [2.75, 3.05) is 33.7 Å². The molecule has 2 N–H and O–H groups in total. The Morgan fingerprint density at radius 2 is 1.81 bits per heavy atom. The first-order valence-electron chi connectivity index (χ1n) is 5.98. The van der Waals surface area contributed by atoms with Gasteiger partial charge in [-0.25, -0.2) is 0 Å². The van der Waals surface area contributed by atoms with Gasteiger partial charge in [0.15, 0.2) is 0 Å². The summed E-state index contributed by atoms with van der Waals surface area (Å²) < 4.78 is 0. The molecule has 0 aliphatic rings. The van der Waals surface area contributed by atoms with E-state index in [2.05, 4.69) is 29.6 Å². The molecule has 0 bridgehead atoms. The molecule has 4 heteroatoms. The van der Waals surface area contributed by atoms with Crippen molar-refractivity contribution < 1.29 is 4.79 Å². The van der Waals surface area contributed by atoms with Crippen LogP contribution in [0.1, 0.15) is 33.6 Å². The summed E-state index contributed by atoms with van der Waals surface area (Å²) in [7, 11) is 4.13. The first kappa shape index (κ1) is 15.4. The summed E-state index contributed by atoms with van der Waals surface area (Å²) in [6.45, 7) is 8.80. The van der Waals surface area contributed by atoms with Crippen molar-refractivity contribution in [3.05, 3.63) is 0 Å². The van der Waals surface area contributed by atoms with Crippen LogP contribution in [-0.2, 0) is 4.79 Å². The molecule has 0 saturated carbocycles. The van der Waals surface area contributed by atoms with Crippen molar-refractivity contribution >= 4 is 5.91 Å². The number of carbonyl (C=O) groups is 1. The van der Waals surface area contributed by atoms with Crippen molar-refractivity contribution in [1.82, 2.24) is 15.5 Å². The summed E-state index contributed by atoms with van der Waals surface area (Å²) in [4.78, 5) is 13.6. The highest BCUT2D eigenvalue weighted by Crippen LogP contribution is 1.98. The highest BCUT2D eigenvalue weighted by molar-refractivity contribution is 5.76. The van der Waals surface area contributed by atoms with Gasteiger partial charge in [-0.3, -0.25) is 4.79 Å². The quantitative estimate of drug-likeness (QED) is 0.636. The predicted molar refractivity (Wildman–Crippen MR) is 68.6 cm³/mol. The number of nitrogens with zero attached hydrogens (tertiary/aromatic N) is 1. The van der Waals surface area contributed by atoms with E-state index in [-0.39, 0.29) is 11.4 Å². The molecule has 0 saturated heterocycles. The lowest BCUT2D eigenvalue weighted by atomic mass is 10.1. The molecule has 0 aliphatic heterocycles. The van der Waals surface area contributed by atoms with Gasteiger partial charge in [-0.15, -0.1) is 0 Å². The van der Waals surface area contributed by atoms with Crippen LogP contribution in [0.5, 0.6) is 0 Å². The van der Waals surface area contributed by atoms with Gasteiger partial charge in [0.05, 0.1) is 0 Å². The zero-order chi connectivity index (χ0) is 12.6. The second-order valence-electron chi connectivity index (χ2n) is 5.46. The molecule has 0 aromatic heterocycles. The van der Waals surface area contributed by atoms with Gasteiger partial charge in [0, 0.05) is 18.5 Å². The van der Waals surface area contributed by atoms with E-state index in [1.807, 2.05) is 20.8 Å². The highest BCUT2D eigenvalue weighted by Gasteiger charge is 2.12. The highest BCUT2D eigenvalue weighted by atomic mass is 16.1. The largest absolute Gasteiger partial charge is 0.351 e. The smallest absolute Gasteiger partial charge is 0.221 e. The average molecular weight is 229 g/mol. The van der Waals surface area contributed by atoms with Crippen LogP contribution in [0.15, 0.2) is 0 Å². The first-order valence-corrected chi connectivity index (χ1v) is 5.98. The van der Waals surface area contributed by atoms with E-state index in [4.69, 9.17) is 0 Å². The lowest BCUT2D eigenvalue weighted by Gasteiger charge is -2.20. The van der Waals surface area contributed by atoms with E-state index in [1.165, 1.54) is 0 Å². The Kier molecular flexibility index (Phi) is 7.34. The lowest BCUT2D eigenvalue weighted by Crippen LogP contribution is -2.41. The van der Waals surface area contributed by atoms with Crippen LogP contribution < -0.4 is 10.6 Å². The van der Waals surface area contributed by atoms with Crippen molar-refractivity contribution in [2.24, 2.45) is 0 Å². The second kappa shape index (κ2) is 7.63. The number of amides is 1. The summed E-state index contributed by atoms with van der Waals surface area (Å²) in [5, 5.41) is 6.21. The van der Waals surface area contributed by atoms with Crippen LogP contribution in [-0.4, -0.2) is 50.1 Å². The van der Waals surface area contributed by atoms with Gasteiger partial charge in [-0.1, -0.05) is 0 Å². The maximum atomic E-state index is 11.4. The Morgan fingerprint density at radius 1 is 1.19 bits per heavy atom. The van der Waals surface area contributed by atoms with E-state index in [9.17, 15) is 4.79 Å². The van der Waals surface area contributed by atoms with Gasteiger partial charge >= 0.3 is 0 Å². The SMILES string of the molecule is CN(C)CCCNCCC(=O)NC(C)(C)C. The van der Waals surface area contributed by atoms with Gasteiger partial charge in [0.1, 0.15) is 0 Å². The summed E-state index contributed by atoms with van der Waals surface area (Å²) in [6.07, 6.45) is 1.67. The van der Waals surface area contributed by atoms with Gasteiger partial charge in [0.25, 0.3) is 0 Å². The van der Waals surface area contributed by atoms with Crippen LogP contribution in [0.3, 0.4) is 0 Å². The third-order valence-corrected chi connectivity index (χ3v) is 2.00. The van der Waals surface area contributed by atoms with Crippen LogP contribution >= 0.6 is 0 Å². The molecule has 0 aromatic carbocycles. The molecule has 0 fully saturated rings. The van der Waals surface area contributed by atoms with Gasteiger partial charge in [-0.05, 0) is 54.4 Å². The monoisotopic (exact) mass is 229 g/mol. The zero-order valence-corrected chi connectivity index (χ0v) is 11.4. The Hall–Kier alpha value is -0.610. The molecule has 0 atom stereocenters. The Morgan fingerprint density at radius 3 is 2.31 bits per heavy atom. The number of hydrogen-bond donors (Lipinski definition) is 2. The van der Waals surface area contributed by atoms with Crippen molar-refractivity contribution in [2.45, 2.75) is 39.2 Å². The van der Waals surface area contributed by atoms with E-state index in [0.29, 0.717) is 6.42 Å². The topological polar surface area (TPSA) is 44.4 Å². The minimum Gasteiger partial charge on any atom is -0.351 e. The molecule has 0 heterocycles. The fraction of sp³-hybridized carbons (Fsp3) is 0.917. The van der Waals surface area contributed by atoms with E-state index in [0.717, 1.165) is 26.1 Å². The molecule has 0 radical (unpaired) electrons. The number of carbonyl (C=O) groups excluding carboxylic acids is 1. The Bertz CT molecular complexity index is 197. The lowest BCUT2D eigenvalue weighted by molar-refractivity contribution is -0.122. The summed E-state index contributed by atoms with van der Waals surface area (Å²) in [6, 6.07) is 0. The van der Waals surface area contributed by atoms with Crippen LogP contribution in [0.2, 0.25) is 0 Å². The fourth-order valence-electron chi connectivity index (χ4n) is 1.33. The van der Waals surface area contributed by atoms with Crippen LogP contribution in [0, 0.1) is 0 Å². The normalized spacial score (nSPS) is 11.9. The molecule has 0 aliphatic carbocycles. The van der Waals surface area contributed by atoms with E-state index < -0.39 is 0 Å². The Balaban J connectivity index is 3.35. The molecule has 1 amide bonds. The minimum atomic E-state index is -0.123. The molecular weight excluding hydrogens is 202 g/mol. The minimum absolute atomic E-state index is 0.118. The Labute approximate surface area is 99.8 Å². The molecular formula is C12H27N3O. The standard InChI is InChI=1S/C12H27N3O/c1-12(2,3)14-11(16)7-9-13-8-6-10-15(4)5/h13H,6-10H2,1-5H3,(H,14,16). The van der Waals surface area contributed by atoms with Crippen molar-refractivity contribution in [3.63, 3.8) is 0 Å². The molecule has 0 rings (SSSR count). The maximum absolute atomic E-state index is 11.4. The van der Waals surface area contributed by atoms with Gasteiger partial charge < -0.3 is 15.5 Å². The summed E-state index contributed by atoms with van der Waals surface area (Å²) in [5.41, 5.74) is -0.123. The third kappa shape index (κ3) is 11.5. The molecule has 0 spiro atoms. The molecule has 4 nitrogen and oxygen atoms in total. The summed E-state index contributed by atoms with van der Waals surface area (Å²) >= 11 is 0. The number of rotatable bonds is 7. The second-order valence-corrected chi connectivity index (χ2v) is 5.46. The number of nitrogens with one attached hydrogen (secondary N) is 2. The number of hydrogen-bond acceptors (Lipinski definition) is 3. The molecule has 16 heavy (non-hydrogen) atoms. The maximum Gasteiger partial charge on any atom is 0.221 e. The fourth-order valence-corrected chi connectivity index (χ4v) is 1.33. The third-order valence-electron chi connectivity index (χ3n) is 2.00. The predicted octanol–water partition coefficient (Wildman–Crippen LogP) is 0.833. The van der Waals surface area contributed by atoms with Gasteiger partial charge in [0.2, 0.25) is 5.91 Å². The van der Waals surface area contributed by atoms with Crippen molar-refractivity contribution in [3.8, 4) is 0 Å². The molecule has 0 unspecified atom stereocenters. The summed E-state index contributed by atoms with van der Waals surface area (Å²) in [5.74, 6) is 0.118. The molecule has 96 valence electrons. The van der Waals surface area contributed by atoms with Crippen LogP contribution in [0.4, 0.5) is 0 Å². The van der Waals surface area contributed by atoms with E-state index in [1.54, 1.807) is 0 Å². The van der Waals surface area contributed by atoms with Gasteiger partial charge in [-0.2, -0.15) is 0 Å². The average Bonchev–Trinajstić information content (AvgIpc) is 2.07. The molecule has 0 aromatic rings. The van der Waals surface area contributed by atoms with E-state index >= 15 is 0 Å². The van der Waals surface area contributed by atoms with Crippen LogP contribution in [0.25, 0.3) is 0 Å². The van der Waals surface area contributed by atoms with Crippen molar-refractivity contribution in [1.29, 1.82) is 0 Å². The zero-order valence-electron chi connectivity index (χ0n) is 11.4. The first-order chi connectivity index (χ1) is 7.31.